The molecule has 1 aliphatic carbocycles. The summed E-state index contributed by atoms with van der Waals surface area (Å²) in [5.41, 5.74) is 0. The van der Waals surface area contributed by atoms with Gasteiger partial charge >= 0.3 is 46.9 Å². The topological polar surface area (TPSA) is 550 Å². The third kappa shape index (κ3) is 24.1. The number of hydrogen-bond donors (Lipinski definition) is 19. The minimum Gasteiger partial charge on any atom is -0.394 e. The van der Waals surface area contributed by atoms with Crippen LogP contribution in [0.25, 0.3) is 0 Å². The van der Waals surface area contributed by atoms with Crippen molar-refractivity contribution >= 4 is 53.2 Å². The lowest BCUT2D eigenvalue weighted by Gasteiger charge is -2.47. The predicted octanol–water partition coefficient (Wildman–Crippen LogP) is -7.56. The average molecular weight is 858 g/mol. The molecule has 0 aromatic heterocycles. The van der Waals surface area contributed by atoms with Gasteiger partial charge in [-0.3, -0.25) is 22.6 Å². The Morgan fingerprint density at radius 1 is 0.490 bits per heavy atom. The van der Waals surface area contributed by atoms with E-state index in [0.717, 1.165) is 0 Å². The van der Waals surface area contributed by atoms with Crippen molar-refractivity contribution in [3.05, 3.63) is 0 Å². The SMILES string of the molecule is O=C[C@H](O)[C@@H](O)[C@H](O)[C@H](O)CO.O=P(O)(O)O.O=P(O)(O)OC1C(O)C(OP(=O)(O)O)C(OP(=O)(O)O)C(OP(=O)(O)O)C1OP(=O)(O)O. The van der Waals surface area contributed by atoms with Gasteiger partial charge in [-0.2, -0.15) is 0 Å². The number of hydrogen-bond acceptors (Lipinski definition) is 18. The number of carbonyl (C=O) groups excluding carboxylic acids is 1. The van der Waals surface area contributed by atoms with E-state index in [-0.39, 0.29) is 6.29 Å². The molecule has 1 fully saturated rings. The van der Waals surface area contributed by atoms with Crippen LogP contribution in [0.2, 0.25) is 0 Å². The van der Waals surface area contributed by atoms with Crippen molar-refractivity contribution in [2.24, 2.45) is 0 Å². The van der Waals surface area contributed by atoms with E-state index < -0.39 is 115 Å². The Morgan fingerprint density at radius 3 is 0.918 bits per heavy atom. The Bertz CT molecular complexity index is 1230. The number of phosphoric acid groups is 6. The summed E-state index contributed by atoms with van der Waals surface area (Å²) in [5, 5.41) is 53.8. The molecule has 0 aliphatic heterocycles. The lowest BCUT2D eigenvalue weighted by atomic mass is 9.85. The standard InChI is InChI=1S/C6H17O21P5.C6H12O6.H3O4P/c7-1-2(23-28(8,9)10)4(25-30(14,15)16)6(27-32(20,21)22)5(26-31(17,18)19)3(1)24-29(11,12)13;7-1-3(9)5(11)6(12)4(10)2-8;1-5(2,3)4/h1-7H,(H2,8,9,10)(H2,11,12,13)(H2,14,15,16)(H2,17,18,19)(H2,20,21,22);1,3-6,8-12H,2H2;(H3,1,2,3,4)/t;3-,4+,5+,6+;/m.0./s1. The van der Waals surface area contributed by atoms with Crippen molar-refractivity contribution in [1.82, 2.24) is 0 Å². The zero-order valence-electron chi connectivity index (χ0n) is 23.1. The lowest BCUT2D eigenvalue weighted by Crippen LogP contribution is -2.66. The molecule has 31 nitrogen and oxygen atoms in total. The largest absolute Gasteiger partial charge is 0.470 e. The van der Waals surface area contributed by atoms with Gasteiger partial charge in [0.2, 0.25) is 0 Å². The van der Waals surface area contributed by atoms with Crippen LogP contribution in [0.1, 0.15) is 0 Å². The van der Waals surface area contributed by atoms with Gasteiger partial charge < -0.3 is 99.0 Å². The van der Waals surface area contributed by atoms with Crippen LogP contribution in [0.15, 0.2) is 0 Å². The molecule has 37 heteroatoms. The van der Waals surface area contributed by atoms with Crippen molar-refractivity contribution in [2.75, 3.05) is 6.61 Å². The fourth-order valence-electron chi connectivity index (χ4n) is 3.15. The summed E-state index contributed by atoms with van der Waals surface area (Å²) in [5.74, 6) is 0. The van der Waals surface area contributed by atoms with Crippen molar-refractivity contribution in [1.29, 1.82) is 0 Å². The first kappa shape index (κ1) is 51.2. The van der Waals surface area contributed by atoms with E-state index in [4.69, 9.17) is 93.7 Å². The van der Waals surface area contributed by atoms with Crippen molar-refractivity contribution in [2.45, 2.75) is 61.0 Å². The van der Waals surface area contributed by atoms with E-state index in [9.17, 15) is 32.7 Å². The van der Waals surface area contributed by atoms with Crippen LogP contribution in [0, 0.1) is 0 Å². The molecule has 1 rings (SSSR count). The predicted molar refractivity (Wildman–Crippen MR) is 142 cm³/mol. The van der Waals surface area contributed by atoms with E-state index >= 15 is 0 Å². The van der Waals surface area contributed by atoms with Crippen LogP contribution in [-0.2, 0) is 54.8 Å². The molecular weight excluding hydrogens is 826 g/mol. The van der Waals surface area contributed by atoms with E-state index in [2.05, 4.69) is 22.6 Å². The summed E-state index contributed by atoms with van der Waals surface area (Å²) in [4.78, 5) is 122. The third-order valence-corrected chi connectivity index (χ3v) is 7.27. The van der Waals surface area contributed by atoms with Gasteiger partial charge in [-0.05, 0) is 0 Å². The monoisotopic (exact) mass is 858 g/mol. The molecule has 1 aliphatic rings. The molecule has 0 aromatic rings. The number of aliphatic hydroxyl groups excluding tert-OH is 6. The van der Waals surface area contributed by atoms with Crippen LogP contribution >= 0.6 is 46.9 Å². The van der Waals surface area contributed by atoms with E-state index in [1.54, 1.807) is 0 Å². The number of phosphoric ester groups is 5. The Hall–Kier alpha value is 0.0900. The first-order valence-electron chi connectivity index (χ1n) is 11.4. The molecule has 0 bridgehead atoms. The van der Waals surface area contributed by atoms with Crippen LogP contribution in [0.3, 0.4) is 0 Å². The van der Waals surface area contributed by atoms with Gasteiger partial charge in [-0.1, -0.05) is 0 Å². The maximum atomic E-state index is 11.3. The molecule has 0 amide bonds. The number of carbonyl (C=O) groups is 1. The van der Waals surface area contributed by atoms with Crippen LogP contribution in [-0.4, -0.2) is 168 Å². The van der Waals surface area contributed by atoms with Gasteiger partial charge in [0.15, 0.2) is 6.29 Å². The quantitative estimate of drug-likeness (QED) is 0.0537. The van der Waals surface area contributed by atoms with Gasteiger partial charge in [0.05, 0.1) is 6.61 Å². The minimum atomic E-state index is -5.86. The Balaban J connectivity index is 0. The molecule has 0 spiro atoms. The Labute approximate surface area is 270 Å². The smallest absolute Gasteiger partial charge is 0.394 e. The molecule has 0 radical (unpaired) electrons. The van der Waals surface area contributed by atoms with Gasteiger partial charge in [0.1, 0.15) is 61.0 Å². The first-order chi connectivity index (χ1) is 21.4. The molecular formula is C12H32O31P6. The first-order valence-corrected chi connectivity index (χ1v) is 20.6. The van der Waals surface area contributed by atoms with Crippen LogP contribution in [0.4, 0.5) is 0 Å². The highest BCUT2D eigenvalue weighted by molar-refractivity contribution is 7.47. The molecule has 1 saturated carbocycles. The maximum Gasteiger partial charge on any atom is 0.470 e. The Kier molecular flexibility index (Phi) is 20.9. The summed E-state index contributed by atoms with van der Waals surface area (Å²) in [6.07, 6.45) is -24.2. The number of aliphatic hydroxyl groups is 6. The highest BCUT2D eigenvalue weighted by Crippen LogP contribution is 2.54. The normalized spacial score (nSPS) is 26.6. The van der Waals surface area contributed by atoms with Crippen LogP contribution < -0.4 is 0 Å². The summed E-state index contributed by atoms with van der Waals surface area (Å²) < 4.78 is 85.5. The molecule has 8 atom stereocenters. The molecule has 0 aromatic carbocycles. The van der Waals surface area contributed by atoms with Gasteiger partial charge in [0, 0.05) is 0 Å². The lowest BCUT2D eigenvalue weighted by molar-refractivity contribution is -0.205. The second kappa shape index (κ2) is 20.0. The summed E-state index contributed by atoms with van der Waals surface area (Å²) in [7, 11) is -33.7. The highest BCUT2D eigenvalue weighted by atomic mass is 31.2. The minimum absolute atomic E-state index is 0.0258. The molecule has 19 N–H and O–H groups in total. The molecule has 296 valence electrons. The second-order valence-corrected chi connectivity index (χ2v) is 15.7. The second-order valence-electron chi connectivity index (χ2n) is 8.66. The molecule has 4 unspecified atom stereocenters. The van der Waals surface area contributed by atoms with Gasteiger partial charge in [-0.25, -0.2) is 27.4 Å². The Morgan fingerprint density at radius 2 is 0.714 bits per heavy atom. The molecule has 0 heterocycles. The van der Waals surface area contributed by atoms with Crippen molar-refractivity contribution < 1.29 is 149 Å². The zero-order chi connectivity index (χ0) is 39.7. The van der Waals surface area contributed by atoms with E-state index in [1.165, 1.54) is 0 Å². The highest BCUT2D eigenvalue weighted by Gasteiger charge is 2.60. The summed E-state index contributed by atoms with van der Waals surface area (Å²) in [6, 6.07) is 0. The van der Waals surface area contributed by atoms with Crippen molar-refractivity contribution in [3.8, 4) is 0 Å². The van der Waals surface area contributed by atoms with Crippen LogP contribution in [0.5, 0.6) is 0 Å². The fraction of sp³-hybridized carbons (Fsp3) is 0.917. The summed E-state index contributed by atoms with van der Waals surface area (Å²) >= 11 is 0. The zero-order valence-corrected chi connectivity index (χ0v) is 28.5. The molecule has 49 heavy (non-hydrogen) atoms. The van der Waals surface area contributed by atoms with Gasteiger partial charge in [-0.15, -0.1) is 0 Å². The van der Waals surface area contributed by atoms with Gasteiger partial charge in [0.25, 0.3) is 0 Å². The fourth-order valence-corrected chi connectivity index (χ4v) is 5.95. The maximum absolute atomic E-state index is 11.3. The number of rotatable bonds is 15. The summed E-state index contributed by atoms with van der Waals surface area (Å²) in [6.45, 7) is -0.760. The molecule has 0 saturated heterocycles. The van der Waals surface area contributed by atoms with Crippen molar-refractivity contribution in [3.63, 3.8) is 0 Å². The van der Waals surface area contributed by atoms with E-state index in [1.807, 2.05) is 0 Å². The third-order valence-electron chi connectivity index (χ3n) is 4.68. The number of aldehydes is 1. The average Bonchev–Trinajstić information content (AvgIpc) is 2.85. The van der Waals surface area contributed by atoms with E-state index in [0.29, 0.717) is 0 Å².